The van der Waals surface area contributed by atoms with Gasteiger partial charge in [-0.1, -0.05) is 12.1 Å². The molecule has 4 nitrogen and oxygen atoms in total. The van der Waals surface area contributed by atoms with Crippen LogP contribution in [0.1, 0.15) is 53.4 Å². The van der Waals surface area contributed by atoms with Gasteiger partial charge in [0.2, 0.25) is 0 Å². The van der Waals surface area contributed by atoms with E-state index in [4.69, 9.17) is 14.0 Å². The Morgan fingerprint density at radius 3 is 2.07 bits per heavy atom. The molecule has 2 aliphatic heterocycles. The van der Waals surface area contributed by atoms with Crippen LogP contribution in [0.25, 0.3) is 0 Å². The molecule has 1 saturated carbocycles. The fourth-order valence-electron chi connectivity index (χ4n) is 3.92. The van der Waals surface area contributed by atoms with E-state index in [-0.39, 0.29) is 18.3 Å². The molecule has 0 unspecified atom stereocenters. The maximum atomic E-state index is 6.12. The lowest BCUT2D eigenvalue weighted by Crippen LogP contribution is -2.41. The lowest BCUT2D eigenvalue weighted by Gasteiger charge is -2.32. The van der Waals surface area contributed by atoms with E-state index in [0.717, 1.165) is 23.7 Å². The van der Waals surface area contributed by atoms with Gasteiger partial charge in [0, 0.05) is 6.54 Å². The Balaban J connectivity index is 1.24. The molecule has 0 radical (unpaired) electrons. The molecule has 1 aromatic carbocycles. The Morgan fingerprint density at radius 1 is 0.926 bits per heavy atom. The summed E-state index contributed by atoms with van der Waals surface area (Å²) in [5.41, 5.74) is 0.442. The molecule has 0 N–H and O–H groups in total. The molecule has 1 aliphatic carbocycles. The first-order valence-corrected chi connectivity index (χ1v) is 10.6. The maximum Gasteiger partial charge on any atom is 0.494 e. The standard InChI is InChI=1S/C22H34BNO3/c1-21(2)22(3,4)27-23(26-21)19-7-9-20(10-8-19)25-16-18-11-13-24(14-12-18)15-17-5-6-17/h7-10,17-18H,5-6,11-16H2,1-4H3. The van der Waals surface area contributed by atoms with Gasteiger partial charge in [-0.3, -0.25) is 0 Å². The molecule has 0 amide bonds. The van der Waals surface area contributed by atoms with Gasteiger partial charge in [0.25, 0.3) is 0 Å². The minimum atomic E-state index is -0.306. The van der Waals surface area contributed by atoms with Gasteiger partial charge in [-0.15, -0.1) is 0 Å². The third kappa shape index (κ3) is 4.52. The smallest absolute Gasteiger partial charge is 0.493 e. The minimum Gasteiger partial charge on any atom is -0.493 e. The average Bonchev–Trinajstić information content (AvgIpc) is 3.41. The van der Waals surface area contributed by atoms with Crippen molar-refractivity contribution in [1.82, 2.24) is 4.90 Å². The fourth-order valence-corrected chi connectivity index (χ4v) is 3.92. The van der Waals surface area contributed by atoms with Crippen LogP contribution in [0.5, 0.6) is 5.75 Å². The highest BCUT2D eigenvalue weighted by Crippen LogP contribution is 2.36. The lowest BCUT2D eigenvalue weighted by atomic mass is 9.79. The minimum absolute atomic E-state index is 0.304. The Labute approximate surface area is 164 Å². The first-order chi connectivity index (χ1) is 12.8. The summed E-state index contributed by atoms with van der Waals surface area (Å²) < 4.78 is 18.3. The summed E-state index contributed by atoms with van der Waals surface area (Å²) in [6.07, 6.45) is 5.42. The maximum absolute atomic E-state index is 6.12. The summed E-state index contributed by atoms with van der Waals surface area (Å²) in [5, 5.41) is 0. The van der Waals surface area contributed by atoms with Crippen LogP contribution in [0.15, 0.2) is 24.3 Å². The number of piperidine rings is 1. The van der Waals surface area contributed by atoms with Crippen molar-refractivity contribution in [3.05, 3.63) is 24.3 Å². The van der Waals surface area contributed by atoms with Crippen molar-refractivity contribution in [2.45, 2.75) is 64.6 Å². The van der Waals surface area contributed by atoms with E-state index >= 15 is 0 Å². The molecule has 27 heavy (non-hydrogen) atoms. The van der Waals surface area contributed by atoms with Gasteiger partial charge >= 0.3 is 7.12 Å². The largest absolute Gasteiger partial charge is 0.494 e. The summed E-state index contributed by atoms with van der Waals surface area (Å²) in [6, 6.07) is 8.22. The van der Waals surface area contributed by atoms with Gasteiger partial charge in [0.1, 0.15) is 5.75 Å². The van der Waals surface area contributed by atoms with Crippen molar-refractivity contribution in [2.24, 2.45) is 11.8 Å². The number of likely N-dealkylation sites (tertiary alicyclic amines) is 1. The second-order valence-electron chi connectivity index (χ2n) is 9.66. The fraction of sp³-hybridized carbons (Fsp3) is 0.727. The van der Waals surface area contributed by atoms with Crippen LogP contribution in [0, 0.1) is 11.8 Å². The van der Waals surface area contributed by atoms with Crippen LogP contribution < -0.4 is 10.2 Å². The number of hydrogen-bond donors (Lipinski definition) is 0. The Morgan fingerprint density at radius 2 is 1.52 bits per heavy atom. The molecular weight excluding hydrogens is 337 g/mol. The summed E-state index contributed by atoms with van der Waals surface area (Å²) in [6.45, 7) is 13.0. The molecule has 3 fully saturated rings. The van der Waals surface area contributed by atoms with Gasteiger partial charge in [-0.25, -0.2) is 0 Å². The summed E-state index contributed by atoms with van der Waals surface area (Å²) in [4.78, 5) is 2.65. The van der Waals surface area contributed by atoms with E-state index < -0.39 is 0 Å². The van der Waals surface area contributed by atoms with Gasteiger partial charge in [0.05, 0.1) is 17.8 Å². The number of rotatable bonds is 6. The normalized spacial score (nSPS) is 25.7. The van der Waals surface area contributed by atoms with E-state index in [2.05, 4.69) is 44.7 Å². The van der Waals surface area contributed by atoms with E-state index in [9.17, 15) is 0 Å². The molecule has 0 spiro atoms. The zero-order valence-electron chi connectivity index (χ0n) is 17.4. The summed E-state index contributed by atoms with van der Waals surface area (Å²) in [5.74, 6) is 2.62. The molecule has 0 aromatic heterocycles. The van der Waals surface area contributed by atoms with Gasteiger partial charge in [0.15, 0.2) is 0 Å². The molecule has 0 bridgehead atoms. The number of ether oxygens (including phenoxy) is 1. The molecular formula is C22H34BNO3. The summed E-state index contributed by atoms with van der Waals surface area (Å²) >= 11 is 0. The van der Waals surface area contributed by atoms with Crippen LogP contribution >= 0.6 is 0 Å². The van der Waals surface area contributed by atoms with Crippen LogP contribution in [0.4, 0.5) is 0 Å². The number of nitrogens with zero attached hydrogens (tertiary/aromatic N) is 1. The Bertz CT molecular complexity index is 617. The first-order valence-electron chi connectivity index (χ1n) is 10.6. The zero-order valence-corrected chi connectivity index (χ0v) is 17.4. The van der Waals surface area contributed by atoms with Crippen LogP contribution in [-0.2, 0) is 9.31 Å². The molecule has 3 aliphatic rings. The van der Waals surface area contributed by atoms with E-state index in [1.54, 1.807) is 0 Å². The highest BCUT2D eigenvalue weighted by atomic mass is 16.7. The SMILES string of the molecule is CC1(C)OB(c2ccc(OCC3CCN(CC4CC4)CC3)cc2)OC1(C)C. The second kappa shape index (κ2) is 7.42. The van der Waals surface area contributed by atoms with Crippen molar-refractivity contribution >= 4 is 12.6 Å². The third-order valence-electron chi connectivity index (χ3n) is 6.81. The average molecular weight is 371 g/mol. The molecule has 148 valence electrons. The predicted molar refractivity (Wildman–Crippen MR) is 110 cm³/mol. The van der Waals surface area contributed by atoms with Crippen molar-refractivity contribution in [3.8, 4) is 5.75 Å². The Kier molecular flexibility index (Phi) is 5.30. The first kappa shape index (κ1) is 19.3. The number of benzene rings is 1. The third-order valence-corrected chi connectivity index (χ3v) is 6.81. The second-order valence-corrected chi connectivity index (χ2v) is 9.66. The number of hydrogen-bond acceptors (Lipinski definition) is 4. The van der Waals surface area contributed by atoms with Crippen LogP contribution in [-0.4, -0.2) is 49.5 Å². The van der Waals surface area contributed by atoms with E-state index in [1.165, 1.54) is 45.3 Å². The Hall–Kier alpha value is -1.04. The van der Waals surface area contributed by atoms with Crippen molar-refractivity contribution in [2.75, 3.05) is 26.2 Å². The van der Waals surface area contributed by atoms with E-state index in [0.29, 0.717) is 5.92 Å². The van der Waals surface area contributed by atoms with Crippen molar-refractivity contribution in [3.63, 3.8) is 0 Å². The summed E-state index contributed by atoms with van der Waals surface area (Å²) in [7, 11) is -0.306. The molecule has 1 aromatic rings. The van der Waals surface area contributed by atoms with Crippen LogP contribution in [0.2, 0.25) is 0 Å². The van der Waals surface area contributed by atoms with Gasteiger partial charge < -0.3 is 18.9 Å². The molecule has 5 heteroatoms. The van der Waals surface area contributed by atoms with Crippen molar-refractivity contribution < 1.29 is 14.0 Å². The predicted octanol–water partition coefficient (Wildman–Crippen LogP) is 3.49. The quantitative estimate of drug-likeness (QED) is 0.717. The molecule has 2 heterocycles. The van der Waals surface area contributed by atoms with E-state index in [1.807, 2.05) is 12.1 Å². The van der Waals surface area contributed by atoms with Gasteiger partial charge in [-0.2, -0.15) is 0 Å². The topological polar surface area (TPSA) is 30.9 Å². The van der Waals surface area contributed by atoms with Crippen molar-refractivity contribution in [1.29, 1.82) is 0 Å². The monoisotopic (exact) mass is 371 g/mol. The highest BCUT2D eigenvalue weighted by Gasteiger charge is 2.51. The lowest BCUT2D eigenvalue weighted by molar-refractivity contribution is 0.00578. The highest BCUT2D eigenvalue weighted by molar-refractivity contribution is 6.62. The molecule has 2 saturated heterocycles. The molecule has 0 atom stereocenters. The van der Waals surface area contributed by atoms with Crippen LogP contribution in [0.3, 0.4) is 0 Å². The molecule has 4 rings (SSSR count). The van der Waals surface area contributed by atoms with Gasteiger partial charge in [-0.05, 0) is 95.9 Å². The zero-order chi connectivity index (χ0) is 19.1.